The molecule has 0 fully saturated rings. The molecule has 1 rings (SSSR count). The third-order valence-corrected chi connectivity index (χ3v) is 2.39. The first-order valence-electron chi connectivity index (χ1n) is 3.72. The molecule has 0 unspecified atom stereocenters. The summed E-state index contributed by atoms with van der Waals surface area (Å²) in [4.78, 5) is 11.9. The Hall–Kier alpha value is -1.29. The minimum atomic E-state index is -0.947. The quantitative estimate of drug-likeness (QED) is 0.755. The third-order valence-electron chi connectivity index (χ3n) is 1.37. The molecule has 13 heavy (non-hydrogen) atoms. The maximum atomic E-state index is 10.7. The predicted molar refractivity (Wildman–Crippen MR) is 51.7 cm³/mol. The van der Waals surface area contributed by atoms with Crippen molar-refractivity contribution in [3.05, 3.63) is 28.5 Å². The van der Waals surface area contributed by atoms with Crippen LogP contribution in [0.5, 0.6) is 5.75 Å². The van der Waals surface area contributed by atoms with Gasteiger partial charge in [-0.3, -0.25) is 0 Å². The standard InChI is InChI=1S/C9H10O3S/c1-3-4-12-7-5-6(2)13-8(7)9(10)11/h3,5H,1,4H2,2H3,(H,10,11). The van der Waals surface area contributed by atoms with E-state index in [1.807, 2.05) is 6.92 Å². The Morgan fingerprint density at radius 3 is 3.08 bits per heavy atom. The summed E-state index contributed by atoms with van der Waals surface area (Å²) >= 11 is 1.21. The number of aromatic carboxylic acids is 1. The maximum Gasteiger partial charge on any atom is 0.349 e. The molecule has 0 radical (unpaired) electrons. The van der Waals surface area contributed by atoms with E-state index in [0.29, 0.717) is 12.4 Å². The van der Waals surface area contributed by atoms with E-state index in [1.54, 1.807) is 12.1 Å². The van der Waals surface area contributed by atoms with Crippen LogP contribution in [0.2, 0.25) is 0 Å². The minimum Gasteiger partial charge on any atom is -0.488 e. The number of rotatable bonds is 4. The molecule has 1 aromatic heterocycles. The topological polar surface area (TPSA) is 46.5 Å². The lowest BCUT2D eigenvalue weighted by Gasteiger charge is -2.00. The Morgan fingerprint density at radius 1 is 1.85 bits per heavy atom. The molecule has 0 aliphatic rings. The van der Waals surface area contributed by atoms with E-state index in [-0.39, 0.29) is 4.88 Å². The fraction of sp³-hybridized carbons (Fsp3) is 0.222. The summed E-state index contributed by atoms with van der Waals surface area (Å²) in [7, 11) is 0. The number of hydrogen-bond acceptors (Lipinski definition) is 3. The smallest absolute Gasteiger partial charge is 0.349 e. The van der Waals surface area contributed by atoms with Crippen LogP contribution in [0.25, 0.3) is 0 Å². The van der Waals surface area contributed by atoms with Crippen LogP contribution in [0.3, 0.4) is 0 Å². The van der Waals surface area contributed by atoms with Crippen molar-refractivity contribution in [3.8, 4) is 5.75 Å². The van der Waals surface area contributed by atoms with Crippen molar-refractivity contribution in [1.29, 1.82) is 0 Å². The zero-order valence-electron chi connectivity index (χ0n) is 7.24. The molecular formula is C9H10O3S. The maximum absolute atomic E-state index is 10.7. The average Bonchev–Trinajstić information content (AvgIpc) is 2.43. The van der Waals surface area contributed by atoms with Crippen LogP contribution >= 0.6 is 11.3 Å². The molecule has 0 aliphatic carbocycles. The van der Waals surface area contributed by atoms with Crippen LogP contribution in [0.15, 0.2) is 18.7 Å². The summed E-state index contributed by atoms with van der Waals surface area (Å²) in [5, 5.41) is 8.78. The van der Waals surface area contributed by atoms with E-state index >= 15 is 0 Å². The van der Waals surface area contributed by atoms with Gasteiger partial charge in [-0.1, -0.05) is 12.7 Å². The summed E-state index contributed by atoms with van der Waals surface area (Å²) in [5.41, 5.74) is 0. The fourth-order valence-corrected chi connectivity index (χ4v) is 1.69. The van der Waals surface area contributed by atoms with Gasteiger partial charge in [0.25, 0.3) is 0 Å². The summed E-state index contributed by atoms with van der Waals surface area (Å²) in [5.74, 6) is -0.521. The minimum absolute atomic E-state index is 0.249. The molecule has 0 saturated carbocycles. The van der Waals surface area contributed by atoms with Crippen LogP contribution in [-0.2, 0) is 0 Å². The van der Waals surface area contributed by atoms with Gasteiger partial charge in [-0.05, 0) is 13.0 Å². The second-order valence-corrected chi connectivity index (χ2v) is 3.71. The molecule has 0 atom stereocenters. The zero-order valence-corrected chi connectivity index (χ0v) is 8.06. The van der Waals surface area contributed by atoms with Crippen molar-refractivity contribution in [2.24, 2.45) is 0 Å². The van der Waals surface area contributed by atoms with Gasteiger partial charge < -0.3 is 9.84 Å². The largest absolute Gasteiger partial charge is 0.488 e. The Bertz CT molecular complexity index is 328. The van der Waals surface area contributed by atoms with E-state index in [4.69, 9.17) is 9.84 Å². The summed E-state index contributed by atoms with van der Waals surface area (Å²) in [6, 6.07) is 1.72. The van der Waals surface area contributed by atoms with Gasteiger partial charge in [-0.2, -0.15) is 0 Å². The van der Waals surface area contributed by atoms with Crippen LogP contribution in [0.4, 0.5) is 0 Å². The van der Waals surface area contributed by atoms with E-state index < -0.39 is 5.97 Å². The number of carboxylic acids is 1. The van der Waals surface area contributed by atoms with Gasteiger partial charge >= 0.3 is 5.97 Å². The first-order valence-corrected chi connectivity index (χ1v) is 4.54. The first kappa shape index (κ1) is 9.80. The van der Waals surface area contributed by atoms with Crippen molar-refractivity contribution in [1.82, 2.24) is 0 Å². The van der Waals surface area contributed by atoms with E-state index in [9.17, 15) is 4.79 Å². The molecule has 0 aromatic carbocycles. The molecule has 0 bridgehead atoms. The van der Waals surface area contributed by atoms with Crippen molar-refractivity contribution in [3.63, 3.8) is 0 Å². The Balaban J connectivity index is 2.90. The van der Waals surface area contributed by atoms with Gasteiger partial charge in [0.05, 0.1) is 0 Å². The van der Waals surface area contributed by atoms with Crippen LogP contribution in [0.1, 0.15) is 14.5 Å². The van der Waals surface area contributed by atoms with Crippen LogP contribution in [-0.4, -0.2) is 17.7 Å². The SMILES string of the molecule is C=CCOc1cc(C)sc1C(=O)O. The number of ether oxygens (including phenoxy) is 1. The van der Waals surface area contributed by atoms with Crippen LogP contribution in [0, 0.1) is 6.92 Å². The Morgan fingerprint density at radius 2 is 2.54 bits per heavy atom. The van der Waals surface area contributed by atoms with Crippen molar-refractivity contribution >= 4 is 17.3 Å². The second kappa shape index (κ2) is 4.09. The van der Waals surface area contributed by atoms with E-state index in [2.05, 4.69) is 6.58 Å². The van der Waals surface area contributed by atoms with Crippen molar-refractivity contribution in [2.45, 2.75) is 6.92 Å². The molecule has 4 heteroatoms. The molecule has 1 aromatic rings. The molecule has 70 valence electrons. The van der Waals surface area contributed by atoms with Gasteiger partial charge in [0.15, 0.2) is 4.88 Å². The van der Waals surface area contributed by atoms with Gasteiger partial charge in [0.2, 0.25) is 0 Å². The summed E-state index contributed by atoms with van der Waals surface area (Å²) in [6.07, 6.45) is 1.58. The highest BCUT2D eigenvalue weighted by Crippen LogP contribution is 2.28. The number of carbonyl (C=O) groups is 1. The molecule has 1 heterocycles. The second-order valence-electron chi connectivity index (χ2n) is 2.46. The molecular weight excluding hydrogens is 188 g/mol. The predicted octanol–water partition coefficient (Wildman–Crippen LogP) is 2.32. The number of aryl methyl sites for hydroxylation is 1. The van der Waals surface area contributed by atoms with Gasteiger partial charge in [0, 0.05) is 4.88 Å². The van der Waals surface area contributed by atoms with Gasteiger partial charge in [-0.15, -0.1) is 11.3 Å². The fourth-order valence-electron chi connectivity index (χ4n) is 0.896. The highest BCUT2D eigenvalue weighted by atomic mass is 32.1. The molecule has 1 N–H and O–H groups in total. The van der Waals surface area contributed by atoms with E-state index in [1.165, 1.54) is 11.3 Å². The summed E-state index contributed by atoms with van der Waals surface area (Å²) in [6.45, 7) is 5.66. The highest BCUT2D eigenvalue weighted by Gasteiger charge is 2.14. The van der Waals surface area contributed by atoms with E-state index in [0.717, 1.165) is 4.88 Å². The number of hydrogen-bond donors (Lipinski definition) is 1. The normalized spacial score (nSPS) is 9.62. The van der Waals surface area contributed by atoms with Crippen molar-refractivity contribution in [2.75, 3.05) is 6.61 Å². The lowest BCUT2D eigenvalue weighted by Crippen LogP contribution is -1.98. The molecule has 0 saturated heterocycles. The average molecular weight is 198 g/mol. The van der Waals surface area contributed by atoms with Crippen LogP contribution < -0.4 is 4.74 Å². The van der Waals surface area contributed by atoms with Gasteiger partial charge in [-0.25, -0.2) is 4.79 Å². The number of thiophene rings is 1. The van der Waals surface area contributed by atoms with Crippen molar-refractivity contribution < 1.29 is 14.6 Å². The summed E-state index contributed by atoms with van der Waals surface area (Å²) < 4.78 is 5.18. The highest BCUT2D eigenvalue weighted by molar-refractivity contribution is 7.14. The zero-order chi connectivity index (χ0) is 9.84. The molecule has 0 spiro atoms. The monoisotopic (exact) mass is 198 g/mol. The molecule has 3 nitrogen and oxygen atoms in total. The first-order chi connectivity index (χ1) is 6.15. The lowest BCUT2D eigenvalue weighted by atomic mass is 10.4. The lowest BCUT2D eigenvalue weighted by molar-refractivity contribution is 0.0698. The third kappa shape index (κ3) is 2.32. The number of carboxylic acid groups (broad SMARTS) is 1. The Kier molecular flexibility index (Phi) is 3.08. The molecule has 0 amide bonds. The molecule has 0 aliphatic heterocycles. The van der Waals surface area contributed by atoms with Gasteiger partial charge in [0.1, 0.15) is 12.4 Å². The Labute approximate surface area is 80.3 Å².